The highest BCUT2D eigenvalue weighted by Gasteiger charge is 2.13. The average molecular weight is 256 g/mol. The van der Waals surface area contributed by atoms with Crippen molar-refractivity contribution in [1.29, 1.82) is 0 Å². The first kappa shape index (κ1) is 12.9. The van der Waals surface area contributed by atoms with Crippen LogP contribution in [0.4, 0.5) is 0 Å². The molecule has 0 saturated heterocycles. The summed E-state index contributed by atoms with van der Waals surface area (Å²) < 4.78 is 0. The Morgan fingerprint density at radius 2 is 2.16 bits per heavy atom. The molecule has 0 aliphatic rings. The van der Waals surface area contributed by atoms with Crippen LogP contribution in [0.1, 0.15) is 12.1 Å². The van der Waals surface area contributed by atoms with E-state index in [2.05, 4.69) is 15.0 Å². The van der Waals surface area contributed by atoms with E-state index in [-0.39, 0.29) is 6.42 Å². The molecule has 0 amide bonds. The van der Waals surface area contributed by atoms with Gasteiger partial charge in [-0.1, -0.05) is 29.4 Å². The van der Waals surface area contributed by atoms with E-state index in [1.54, 1.807) is 0 Å². The zero-order valence-corrected chi connectivity index (χ0v) is 10.1. The van der Waals surface area contributed by atoms with Crippen molar-refractivity contribution in [3.8, 4) is 0 Å². The van der Waals surface area contributed by atoms with E-state index >= 15 is 0 Å². The van der Waals surface area contributed by atoms with E-state index in [0.717, 1.165) is 16.6 Å². The first-order valence-corrected chi connectivity index (χ1v) is 5.79. The van der Waals surface area contributed by atoms with Gasteiger partial charge in [-0.2, -0.15) is 0 Å². The van der Waals surface area contributed by atoms with Gasteiger partial charge in [0.2, 0.25) is 0 Å². The van der Waals surface area contributed by atoms with Crippen molar-refractivity contribution in [2.75, 3.05) is 0 Å². The van der Waals surface area contributed by atoms with Crippen LogP contribution in [0.15, 0.2) is 41.5 Å². The summed E-state index contributed by atoms with van der Waals surface area (Å²) >= 11 is 0. The number of carboxylic acid groups (broad SMARTS) is 1. The van der Waals surface area contributed by atoms with E-state index in [1.807, 2.05) is 36.4 Å². The van der Waals surface area contributed by atoms with E-state index in [4.69, 9.17) is 10.6 Å². The molecule has 0 aliphatic heterocycles. The van der Waals surface area contributed by atoms with Crippen LogP contribution in [0.5, 0.6) is 0 Å². The lowest BCUT2D eigenvalue weighted by Crippen LogP contribution is -2.14. The summed E-state index contributed by atoms with van der Waals surface area (Å²) in [7, 11) is 0. The molecule has 0 spiro atoms. The summed E-state index contributed by atoms with van der Waals surface area (Å²) in [5.74, 6) is -0.988. The molecule has 1 aromatic carbocycles. The quantitative estimate of drug-likeness (QED) is 0.505. The number of para-hydroxylation sites is 1. The summed E-state index contributed by atoms with van der Waals surface area (Å²) in [6.07, 6.45) is 0.125. The molecule has 1 N–H and O–H groups in total. The molecule has 0 unspecified atom stereocenters. The van der Waals surface area contributed by atoms with Crippen molar-refractivity contribution >= 4 is 16.9 Å². The lowest BCUT2D eigenvalue weighted by atomic mass is 10.1. The van der Waals surface area contributed by atoms with Gasteiger partial charge in [-0.3, -0.25) is 9.78 Å². The Morgan fingerprint density at radius 3 is 2.89 bits per heavy atom. The fraction of sp³-hybridized carbons (Fsp3) is 0.231. The van der Waals surface area contributed by atoms with Gasteiger partial charge in [-0.15, -0.1) is 0 Å². The summed E-state index contributed by atoms with van der Waals surface area (Å²) in [5, 5.41) is 13.3. The molecule has 1 atom stereocenters. The van der Waals surface area contributed by atoms with E-state index < -0.39 is 12.0 Å². The van der Waals surface area contributed by atoms with E-state index in [1.165, 1.54) is 0 Å². The molecule has 6 heteroatoms. The van der Waals surface area contributed by atoms with Gasteiger partial charge in [0.15, 0.2) is 0 Å². The number of hydrogen-bond acceptors (Lipinski definition) is 3. The van der Waals surface area contributed by atoms with Crippen LogP contribution in [-0.2, 0) is 11.2 Å². The number of benzene rings is 1. The lowest BCUT2D eigenvalue weighted by Gasteiger charge is -2.08. The molecule has 96 valence electrons. The Bertz CT molecular complexity index is 650. The number of hydrogen-bond donors (Lipinski definition) is 1. The van der Waals surface area contributed by atoms with Crippen LogP contribution in [0.25, 0.3) is 21.3 Å². The van der Waals surface area contributed by atoms with Crippen molar-refractivity contribution in [2.45, 2.75) is 18.9 Å². The number of carbonyl (C=O) groups is 1. The maximum absolute atomic E-state index is 10.7. The minimum absolute atomic E-state index is 0.196. The number of fused-ring (bicyclic) bond motifs is 1. The standard InChI is InChI=1S/C13H12N4O2/c14-17-16-11(8-13(18)19)7-10-6-5-9-3-1-2-4-12(9)15-10/h1-6,11H,7-8H2,(H,18,19)/t11-/m1/s1. The monoisotopic (exact) mass is 256 g/mol. The molecule has 0 saturated carbocycles. The normalized spacial score (nSPS) is 11.8. The first-order valence-electron chi connectivity index (χ1n) is 5.79. The molecule has 0 radical (unpaired) electrons. The number of pyridine rings is 1. The number of azide groups is 1. The zero-order valence-electron chi connectivity index (χ0n) is 10.1. The molecule has 19 heavy (non-hydrogen) atoms. The van der Waals surface area contributed by atoms with Crippen molar-refractivity contribution < 1.29 is 9.90 Å². The molecule has 2 rings (SSSR count). The number of aromatic nitrogens is 1. The fourth-order valence-corrected chi connectivity index (χ4v) is 1.89. The van der Waals surface area contributed by atoms with Gasteiger partial charge in [0.25, 0.3) is 0 Å². The van der Waals surface area contributed by atoms with Gasteiger partial charge in [0.05, 0.1) is 18.0 Å². The highest BCUT2D eigenvalue weighted by Crippen LogP contribution is 2.14. The molecule has 6 nitrogen and oxygen atoms in total. The van der Waals surface area contributed by atoms with E-state index in [9.17, 15) is 4.79 Å². The predicted molar refractivity (Wildman–Crippen MR) is 70.6 cm³/mol. The molecule has 0 fully saturated rings. The third-order valence-corrected chi connectivity index (χ3v) is 2.73. The average Bonchev–Trinajstić information content (AvgIpc) is 2.38. The number of carboxylic acids is 1. The fourth-order valence-electron chi connectivity index (χ4n) is 1.89. The molecule has 0 bridgehead atoms. The third-order valence-electron chi connectivity index (χ3n) is 2.73. The Labute approximate surface area is 109 Å². The number of nitrogens with zero attached hydrogens (tertiary/aromatic N) is 4. The molecule has 1 aromatic heterocycles. The maximum atomic E-state index is 10.7. The van der Waals surface area contributed by atoms with Crippen LogP contribution in [0.3, 0.4) is 0 Å². The van der Waals surface area contributed by atoms with Crippen molar-refractivity contribution in [1.82, 2.24) is 4.98 Å². The summed E-state index contributed by atoms with van der Waals surface area (Å²) in [6.45, 7) is 0. The Hall–Kier alpha value is -2.59. The first-order chi connectivity index (χ1) is 9.19. The van der Waals surface area contributed by atoms with Gasteiger partial charge >= 0.3 is 5.97 Å². The minimum Gasteiger partial charge on any atom is -0.481 e. The van der Waals surface area contributed by atoms with Gasteiger partial charge in [-0.25, -0.2) is 0 Å². The molecular formula is C13H12N4O2. The van der Waals surface area contributed by atoms with Crippen molar-refractivity contribution in [2.24, 2.45) is 5.11 Å². The largest absolute Gasteiger partial charge is 0.481 e. The maximum Gasteiger partial charge on any atom is 0.303 e. The molecular weight excluding hydrogens is 244 g/mol. The number of rotatable bonds is 5. The second-order valence-electron chi connectivity index (χ2n) is 4.16. The second-order valence-corrected chi connectivity index (χ2v) is 4.16. The third kappa shape index (κ3) is 3.43. The summed E-state index contributed by atoms with van der Waals surface area (Å²) in [4.78, 5) is 17.8. The Balaban J connectivity index is 2.23. The van der Waals surface area contributed by atoms with Crippen LogP contribution < -0.4 is 0 Å². The Morgan fingerprint density at radius 1 is 1.37 bits per heavy atom. The van der Waals surface area contributed by atoms with Crippen molar-refractivity contribution in [3.63, 3.8) is 0 Å². The minimum atomic E-state index is -0.988. The second kappa shape index (κ2) is 5.84. The van der Waals surface area contributed by atoms with Gasteiger partial charge in [-0.05, 0) is 24.1 Å². The van der Waals surface area contributed by atoms with Gasteiger partial charge < -0.3 is 5.11 Å². The van der Waals surface area contributed by atoms with Crippen molar-refractivity contribution in [3.05, 3.63) is 52.5 Å². The van der Waals surface area contributed by atoms with Crippen LogP contribution >= 0.6 is 0 Å². The molecule has 0 aliphatic carbocycles. The van der Waals surface area contributed by atoms with Crippen LogP contribution in [0, 0.1) is 0 Å². The van der Waals surface area contributed by atoms with Crippen LogP contribution in [-0.4, -0.2) is 22.1 Å². The van der Waals surface area contributed by atoms with Gasteiger partial charge in [0.1, 0.15) is 0 Å². The highest BCUT2D eigenvalue weighted by atomic mass is 16.4. The highest BCUT2D eigenvalue weighted by molar-refractivity contribution is 5.78. The summed E-state index contributed by atoms with van der Waals surface area (Å²) in [6, 6.07) is 10.8. The molecule has 1 heterocycles. The lowest BCUT2D eigenvalue weighted by molar-refractivity contribution is -0.137. The zero-order chi connectivity index (χ0) is 13.7. The smallest absolute Gasteiger partial charge is 0.303 e. The van der Waals surface area contributed by atoms with Gasteiger partial charge in [0, 0.05) is 16.0 Å². The molecule has 2 aromatic rings. The van der Waals surface area contributed by atoms with E-state index in [0.29, 0.717) is 6.42 Å². The Kier molecular flexibility index (Phi) is 3.95. The van der Waals surface area contributed by atoms with Crippen LogP contribution in [0.2, 0.25) is 0 Å². The predicted octanol–water partition coefficient (Wildman–Crippen LogP) is 2.93. The summed E-state index contributed by atoms with van der Waals surface area (Å²) in [5.41, 5.74) is 10.0. The topological polar surface area (TPSA) is 99.0 Å². The number of aliphatic carboxylic acids is 1. The SMILES string of the molecule is [N-]=[N+]=N[C@@H](CC(=O)O)Cc1ccc2ccccc2n1.